The van der Waals surface area contributed by atoms with Gasteiger partial charge in [-0.2, -0.15) is 13.2 Å². The fourth-order valence-electron chi connectivity index (χ4n) is 4.86. The molecule has 1 saturated heterocycles. The zero-order valence-corrected chi connectivity index (χ0v) is 17.9. The zero-order chi connectivity index (χ0) is 23.2. The van der Waals surface area contributed by atoms with Crippen molar-refractivity contribution in [2.75, 3.05) is 19.6 Å². The molecule has 1 N–H and O–H groups in total. The SMILES string of the molecule is O=c1ccc2ncc(=O)n3c2n1CC3CN1CCC(NCc2ccc(C(F)(F)F)cc2)CC1. The summed E-state index contributed by atoms with van der Waals surface area (Å²) in [5, 5.41) is 3.44. The number of rotatable bonds is 5. The molecule has 1 fully saturated rings. The van der Waals surface area contributed by atoms with Crippen molar-refractivity contribution < 1.29 is 13.2 Å². The quantitative estimate of drug-likeness (QED) is 0.635. The summed E-state index contributed by atoms with van der Waals surface area (Å²) in [6.07, 6.45) is -1.20. The van der Waals surface area contributed by atoms with Gasteiger partial charge in [0.05, 0.1) is 17.8 Å². The lowest BCUT2D eigenvalue weighted by Gasteiger charge is -2.34. The van der Waals surface area contributed by atoms with Gasteiger partial charge in [-0.1, -0.05) is 12.1 Å². The van der Waals surface area contributed by atoms with Crippen LogP contribution >= 0.6 is 0 Å². The molecule has 1 aromatic carbocycles. The van der Waals surface area contributed by atoms with Crippen LogP contribution in [0.4, 0.5) is 13.2 Å². The number of hydrogen-bond acceptors (Lipinski definition) is 5. The molecule has 2 aromatic heterocycles. The molecule has 0 bridgehead atoms. The second kappa shape index (κ2) is 8.42. The fourth-order valence-corrected chi connectivity index (χ4v) is 4.86. The van der Waals surface area contributed by atoms with Crippen molar-refractivity contribution in [2.24, 2.45) is 0 Å². The Kier molecular flexibility index (Phi) is 5.57. The maximum Gasteiger partial charge on any atom is 0.416 e. The van der Waals surface area contributed by atoms with Crippen molar-refractivity contribution in [3.63, 3.8) is 0 Å². The number of pyridine rings is 1. The first-order valence-corrected chi connectivity index (χ1v) is 11.0. The number of nitrogens with one attached hydrogen (secondary N) is 1. The van der Waals surface area contributed by atoms with Crippen molar-refractivity contribution in [3.8, 4) is 0 Å². The summed E-state index contributed by atoms with van der Waals surface area (Å²) in [5.41, 5.74) is 1.09. The fraction of sp³-hybridized carbons (Fsp3) is 0.435. The minimum absolute atomic E-state index is 0.116. The van der Waals surface area contributed by atoms with Crippen molar-refractivity contribution >= 4 is 11.2 Å². The molecule has 33 heavy (non-hydrogen) atoms. The van der Waals surface area contributed by atoms with Gasteiger partial charge >= 0.3 is 6.18 Å². The molecule has 4 heterocycles. The molecule has 0 saturated carbocycles. The lowest BCUT2D eigenvalue weighted by molar-refractivity contribution is -0.137. The van der Waals surface area contributed by atoms with E-state index in [4.69, 9.17) is 0 Å². The first kappa shape index (κ1) is 21.8. The Bertz CT molecular complexity index is 1270. The summed E-state index contributed by atoms with van der Waals surface area (Å²) in [7, 11) is 0. The maximum atomic E-state index is 12.7. The molecule has 5 rings (SSSR count). The number of likely N-dealkylation sites (tertiary alicyclic amines) is 1. The number of benzene rings is 1. The Morgan fingerprint density at radius 2 is 1.73 bits per heavy atom. The van der Waals surface area contributed by atoms with Crippen molar-refractivity contribution in [1.29, 1.82) is 0 Å². The number of alkyl halides is 3. The van der Waals surface area contributed by atoms with Gasteiger partial charge in [0.2, 0.25) is 0 Å². The van der Waals surface area contributed by atoms with Gasteiger partial charge in [-0.3, -0.25) is 18.7 Å². The molecular weight excluding hydrogens is 435 g/mol. The van der Waals surface area contributed by atoms with Gasteiger partial charge in [0.1, 0.15) is 11.2 Å². The average Bonchev–Trinajstić information content (AvgIpc) is 3.18. The van der Waals surface area contributed by atoms with Gasteiger partial charge < -0.3 is 10.2 Å². The molecule has 1 unspecified atom stereocenters. The molecule has 3 aromatic rings. The molecule has 0 aliphatic carbocycles. The molecular formula is C23H24F3N5O2. The first-order valence-electron chi connectivity index (χ1n) is 11.0. The lowest BCUT2D eigenvalue weighted by atomic mass is 10.0. The van der Waals surface area contributed by atoms with Crippen LogP contribution in [0.2, 0.25) is 0 Å². The van der Waals surface area contributed by atoms with E-state index in [1.807, 2.05) is 0 Å². The van der Waals surface area contributed by atoms with E-state index in [1.54, 1.807) is 15.2 Å². The van der Waals surface area contributed by atoms with Crippen LogP contribution in [0, 0.1) is 0 Å². The maximum absolute atomic E-state index is 12.7. The summed E-state index contributed by atoms with van der Waals surface area (Å²) in [5.74, 6) is 0. The highest BCUT2D eigenvalue weighted by Gasteiger charge is 2.31. The molecule has 7 nitrogen and oxygen atoms in total. The number of piperidine rings is 1. The zero-order valence-electron chi connectivity index (χ0n) is 17.9. The highest BCUT2D eigenvalue weighted by atomic mass is 19.4. The Hall–Kier alpha value is -2.98. The van der Waals surface area contributed by atoms with Crippen LogP contribution in [-0.4, -0.2) is 44.7 Å². The third-order valence-electron chi connectivity index (χ3n) is 6.61. The van der Waals surface area contributed by atoms with Crippen molar-refractivity contribution in [3.05, 3.63) is 74.4 Å². The second-order valence-corrected chi connectivity index (χ2v) is 8.76. The van der Waals surface area contributed by atoms with Gasteiger partial charge in [-0.15, -0.1) is 0 Å². The van der Waals surface area contributed by atoms with Crippen LogP contribution in [0.15, 0.2) is 52.2 Å². The lowest BCUT2D eigenvalue weighted by Crippen LogP contribution is -2.44. The topological polar surface area (TPSA) is 72.2 Å². The Balaban J connectivity index is 1.17. The standard InChI is InChI=1S/C23H24F3N5O2/c24-23(25,26)16-3-1-15(2-4-16)11-27-17-7-9-29(10-8-17)13-18-14-30-20(32)6-5-19-22(30)31(18)21(33)12-28-19/h1-6,12,17-18,27H,7-11,13-14H2. The second-order valence-electron chi connectivity index (χ2n) is 8.76. The van der Waals surface area contributed by atoms with Gasteiger partial charge in [-0.05, 0) is 49.7 Å². The normalized spacial score (nSPS) is 19.4. The summed E-state index contributed by atoms with van der Waals surface area (Å²) in [6, 6.07) is 8.55. The highest BCUT2D eigenvalue weighted by Crippen LogP contribution is 2.29. The molecule has 0 spiro atoms. The van der Waals surface area contributed by atoms with Crippen LogP contribution in [0.1, 0.15) is 30.0 Å². The van der Waals surface area contributed by atoms with Gasteiger partial charge in [-0.25, -0.2) is 4.98 Å². The molecule has 0 amide bonds. The first-order chi connectivity index (χ1) is 15.8. The molecule has 1 atom stereocenters. The van der Waals surface area contributed by atoms with Crippen LogP contribution in [0.25, 0.3) is 11.2 Å². The Morgan fingerprint density at radius 3 is 2.42 bits per heavy atom. The molecule has 10 heteroatoms. The van der Waals surface area contributed by atoms with Crippen LogP contribution in [-0.2, 0) is 19.3 Å². The van der Waals surface area contributed by atoms with Gasteiger partial charge in [0.25, 0.3) is 11.1 Å². The van der Waals surface area contributed by atoms with Gasteiger partial charge in [0.15, 0.2) is 0 Å². The smallest absolute Gasteiger partial charge is 0.310 e. The van der Waals surface area contributed by atoms with E-state index in [0.717, 1.165) is 43.6 Å². The monoisotopic (exact) mass is 459 g/mol. The third-order valence-corrected chi connectivity index (χ3v) is 6.61. The highest BCUT2D eigenvalue weighted by molar-refractivity contribution is 5.71. The molecule has 2 aliphatic rings. The van der Waals surface area contributed by atoms with E-state index in [2.05, 4.69) is 15.2 Å². The predicted octanol–water partition coefficient (Wildman–Crippen LogP) is 2.39. The Morgan fingerprint density at radius 1 is 1.00 bits per heavy atom. The summed E-state index contributed by atoms with van der Waals surface area (Å²) < 4.78 is 41.4. The third kappa shape index (κ3) is 4.32. The van der Waals surface area contributed by atoms with Crippen LogP contribution in [0.3, 0.4) is 0 Å². The van der Waals surface area contributed by atoms with E-state index in [0.29, 0.717) is 30.8 Å². The molecule has 0 radical (unpaired) electrons. The summed E-state index contributed by atoms with van der Waals surface area (Å²) >= 11 is 0. The average molecular weight is 459 g/mol. The van der Waals surface area contributed by atoms with E-state index < -0.39 is 11.7 Å². The van der Waals surface area contributed by atoms with Crippen LogP contribution in [0.5, 0.6) is 0 Å². The number of nitrogens with zero attached hydrogens (tertiary/aromatic N) is 4. The molecule has 174 valence electrons. The summed E-state index contributed by atoms with van der Waals surface area (Å²) in [6.45, 7) is 3.34. The van der Waals surface area contributed by atoms with Gasteiger partial charge in [0, 0.05) is 31.7 Å². The minimum Gasteiger partial charge on any atom is -0.310 e. The number of hydrogen-bond donors (Lipinski definition) is 1. The predicted molar refractivity (Wildman–Crippen MR) is 117 cm³/mol. The van der Waals surface area contributed by atoms with E-state index in [1.165, 1.54) is 24.4 Å². The van der Waals surface area contributed by atoms with Crippen molar-refractivity contribution in [2.45, 2.75) is 44.2 Å². The van der Waals surface area contributed by atoms with Crippen LogP contribution < -0.4 is 16.4 Å². The van der Waals surface area contributed by atoms with E-state index in [-0.39, 0.29) is 23.2 Å². The number of aromatic nitrogens is 3. The van der Waals surface area contributed by atoms with E-state index >= 15 is 0 Å². The van der Waals surface area contributed by atoms with Crippen molar-refractivity contribution in [1.82, 2.24) is 24.3 Å². The molecule has 2 aliphatic heterocycles. The minimum atomic E-state index is -4.32. The largest absolute Gasteiger partial charge is 0.416 e. The number of halogens is 3. The summed E-state index contributed by atoms with van der Waals surface area (Å²) in [4.78, 5) is 31.3. The Labute approximate surface area is 187 Å². The van der Waals surface area contributed by atoms with E-state index in [9.17, 15) is 22.8 Å².